The Morgan fingerprint density at radius 2 is 1.71 bits per heavy atom. The van der Waals surface area contributed by atoms with Crippen molar-refractivity contribution in [1.82, 2.24) is 4.98 Å². The first-order valence-corrected chi connectivity index (χ1v) is 6.53. The molecule has 0 aliphatic heterocycles. The molecule has 0 aliphatic rings. The Morgan fingerprint density at radius 1 is 0.905 bits per heavy atom. The van der Waals surface area contributed by atoms with E-state index >= 15 is 0 Å². The van der Waals surface area contributed by atoms with Crippen LogP contribution < -0.4 is 0 Å². The summed E-state index contributed by atoms with van der Waals surface area (Å²) in [5.41, 5.74) is 0.429. The summed E-state index contributed by atoms with van der Waals surface area (Å²) in [4.78, 5) is 15.9. The summed E-state index contributed by atoms with van der Waals surface area (Å²) in [6.45, 7) is 0. The van der Waals surface area contributed by atoms with Crippen molar-refractivity contribution in [3.8, 4) is 0 Å². The van der Waals surface area contributed by atoms with Gasteiger partial charge in [0.25, 0.3) is 0 Å². The molecule has 1 aromatic heterocycles. The van der Waals surface area contributed by atoms with Gasteiger partial charge in [0.15, 0.2) is 5.78 Å². The number of ketones is 1. The first-order chi connectivity index (χ1) is 12.4. The lowest BCUT2D eigenvalue weighted by molar-refractivity contribution is 0.104. The molecular weight excluding hydrogens is 258 g/mol. The third-order valence-electron chi connectivity index (χ3n) is 3.51. The van der Waals surface area contributed by atoms with Crippen molar-refractivity contribution in [2.24, 2.45) is 0 Å². The SMILES string of the molecule is [2H]c1[nH]c2c([2H])c([2H])c([2H])c([2H])c2c1C(=O)c1cccc2ccccc12. The second kappa shape index (κ2) is 4.60. The van der Waals surface area contributed by atoms with Gasteiger partial charge in [-0.1, -0.05) is 60.6 Å². The molecule has 0 amide bonds. The van der Waals surface area contributed by atoms with E-state index in [1.807, 2.05) is 30.3 Å². The van der Waals surface area contributed by atoms with E-state index in [1.54, 1.807) is 12.1 Å². The first kappa shape index (κ1) is 7.79. The third-order valence-corrected chi connectivity index (χ3v) is 3.51. The Labute approximate surface area is 129 Å². The Bertz CT molecular complexity index is 1210. The fraction of sp³-hybridized carbons (Fsp3) is 0. The average molecular weight is 276 g/mol. The molecule has 0 saturated heterocycles. The molecule has 0 saturated carbocycles. The average Bonchev–Trinajstić information content (AvgIpc) is 3.01. The van der Waals surface area contributed by atoms with Gasteiger partial charge < -0.3 is 4.98 Å². The van der Waals surface area contributed by atoms with E-state index in [0.29, 0.717) is 5.56 Å². The number of H-pyrrole nitrogens is 1. The molecule has 4 rings (SSSR count). The summed E-state index contributed by atoms with van der Waals surface area (Å²) in [7, 11) is 0. The lowest BCUT2D eigenvalue weighted by Gasteiger charge is -2.05. The van der Waals surface area contributed by atoms with Gasteiger partial charge in [-0.2, -0.15) is 0 Å². The number of rotatable bonds is 2. The Balaban J connectivity index is 2.06. The maximum atomic E-state index is 13.2. The van der Waals surface area contributed by atoms with E-state index in [-0.39, 0.29) is 34.7 Å². The standard InChI is InChI=1S/C19H13NO/c21-19(17-12-20-18-11-4-3-9-15(17)18)16-10-5-7-13-6-1-2-8-14(13)16/h1-12,20H/i3D,4D,9D,11D,12D. The normalized spacial score (nSPS) is 14.4. The highest BCUT2D eigenvalue weighted by Crippen LogP contribution is 2.25. The highest BCUT2D eigenvalue weighted by Gasteiger charge is 2.15. The van der Waals surface area contributed by atoms with Gasteiger partial charge in [-0.3, -0.25) is 4.79 Å². The van der Waals surface area contributed by atoms with Crippen LogP contribution in [0.4, 0.5) is 0 Å². The number of carbonyl (C=O) groups is 1. The van der Waals surface area contributed by atoms with Crippen LogP contribution in [-0.2, 0) is 0 Å². The van der Waals surface area contributed by atoms with Crippen molar-refractivity contribution < 1.29 is 11.6 Å². The fourth-order valence-electron chi connectivity index (χ4n) is 2.51. The second-order valence-corrected chi connectivity index (χ2v) is 4.73. The van der Waals surface area contributed by atoms with Crippen molar-refractivity contribution >= 4 is 27.5 Å². The highest BCUT2D eigenvalue weighted by molar-refractivity contribution is 6.21. The lowest BCUT2D eigenvalue weighted by atomic mass is 9.97. The number of para-hydroxylation sites is 1. The van der Waals surface area contributed by atoms with E-state index in [2.05, 4.69) is 4.98 Å². The quantitative estimate of drug-likeness (QED) is 0.535. The minimum atomic E-state index is -0.442. The molecular formula is C19H13NO. The molecule has 2 heteroatoms. The number of carbonyl (C=O) groups excluding carboxylic acids is 1. The van der Waals surface area contributed by atoms with Gasteiger partial charge in [0.1, 0.15) is 0 Å². The molecule has 0 aliphatic carbocycles. The molecule has 0 radical (unpaired) electrons. The Hall–Kier alpha value is -2.87. The van der Waals surface area contributed by atoms with Crippen LogP contribution in [0.2, 0.25) is 0 Å². The van der Waals surface area contributed by atoms with Crippen molar-refractivity contribution in [3.63, 3.8) is 0 Å². The molecule has 21 heavy (non-hydrogen) atoms. The fourth-order valence-corrected chi connectivity index (χ4v) is 2.51. The number of fused-ring (bicyclic) bond motifs is 2. The number of aromatic nitrogens is 1. The van der Waals surface area contributed by atoms with Gasteiger partial charge in [0.05, 0.1) is 6.85 Å². The van der Waals surface area contributed by atoms with Crippen LogP contribution in [0.15, 0.2) is 72.8 Å². The molecule has 0 bridgehead atoms. The van der Waals surface area contributed by atoms with E-state index in [9.17, 15) is 4.79 Å². The van der Waals surface area contributed by atoms with E-state index < -0.39 is 17.9 Å². The predicted molar refractivity (Wildman–Crippen MR) is 85.7 cm³/mol. The van der Waals surface area contributed by atoms with Crippen molar-refractivity contribution in [1.29, 1.82) is 0 Å². The van der Waals surface area contributed by atoms with Gasteiger partial charge >= 0.3 is 0 Å². The minimum absolute atomic E-state index is 0.0386. The zero-order valence-corrected chi connectivity index (χ0v) is 10.9. The molecule has 0 spiro atoms. The smallest absolute Gasteiger partial charge is 0.195 e. The van der Waals surface area contributed by atoms with Gasteiger partial charge in [0.2, 0.25) is 0 Å². The topological polar surface area (TPSA) is 32.9 Å². The number of benzene rings is 3. The number of hydrogen-bond donors (Lipinski definition) is 1. The summed E-state index contributed by atoms with van der Waals surface area (Å²) in [5, 5.41) is 1.67. The minimum Gasteiger partial charge on any atom is -0.360 e. The lowest BCUT2D eigenvalue weighted by Crippen LogP contribution is -2.01. The third kappa shape index (κ3) is 1.84. The summed E-state index contributed by atoms with van der Waals surface area (Å²) in [5.74, 6) is -0.442. The van der Waals surface area contributed by atoms with Gasteiger partial charge in [-0.15, -0.1) is 0 Å². The van der Waals surface area contributed by atoms with Crippen LogP contribution in [0.1, 0.15) is 22.8 Å². The zero-order valence-electron chi connectivity index (χ0n) is 15.9. The van der Waals surface area contributed by atoms with E-state index in [4.69, 9.17) is 6.85 Å². The Kier molecular flexibility index (Phi) is 1.71. The van der Waals surface area contributed by atoms with E-state index in [1.165, 1.54) is 0 Å². The highest BCUT2D eigenvalue weighted by atomic mass is 16.1. The van der Waals surface area contributed by atoms with Gasteiger partial charge in [0, 0.05) is 28.2 Å². The van der Waals surface area contributed by atoms with Crippen molar-refractivity contribution in [2.75, 3.05) is 0 Å². The molecule has 0 atom stereocenters. The van der Waals surface area contributed by atoms with Crippen LogP contribution in [0.3, 0.4) is 0 Å². The summed E-state index contributed by atoms with van der Waals surface area (Å²) in [6, 6.07) is 11.3. The van der Waals surface area contributed by atoms with Crippen LogP contribution >= 0.6 is 0 Å². The predicted octanol–water partition coefficient (Wildman–Crippen LogP) is 4.55. The van der Waals surface area contributed by atoms with E-state index in [0.717, 1.165) is 10.8 Å². The summed E-state index contributed by atoms with van der Waals surface area (Å²) < 4.78 is 39.9. The molecule has 3 aromatic carbocycles. The number of nitrogens with one attached hydrogen (secondary N) is 1. The molecule has 100 valence electrons. The Morgan fingerprint density at radius 3 is 2.67 bits per heavy atom. The molecule has 0 unspecified atom stereocenters. The van der Waals surface area contributed by atoms with Crippen molar-refractivity contribution in [2.45, 2.75) is 0 Å². The van der Waals surface area contributed by atoms with Crippen LogP contribution in [0, 0.1) is 0 Å². The van der Waals surface area contributed by atoms with Crippen molar-refractivity contribution in [3.05, 3.63) is 83.9 Å². The molecule has 1 N–H and O–H groups in total. The second-order valence-electron chi connectivity index (χ2n) is 4.73. The molecule has 1 heterocycles. The maximum Gasteiger partial charge on any atom is 0.195 e. The molecule has 4 aromatic rings. The van der Waals surface area contributed by atoms with Gasteiger partial charge in [-0.05, 0) is 16.8 Å². The monoisotopic (exact) mass is 276 g/mol. The summed E-state index contributed by atoms with van der Waals surface area (Å²) >= 11 is 0. The molecule has 0 fully saturated rings. The molecule has 2 nitrogen and oxygen atoms in total. The van der Waals surface area contributed by atoms with Crippen LogP contribution in [0.25, 0.3) is 21.7 Å². The van der Waals surface area contributed by atoms with Gasteiger partial charge in [-0.25, -0.2) is 0 Å². The zero-order chi connectivity index (χ0) is 18.6. The number of aromatic amines is 1. The first-order valence-electron chi connectivity index (χ1n) is 9.03. The number of hydrogen-bond acceptors (Lipinski definition) is 1. The maximum absolute atomic E-state index is 13.2. The van der Waals surface area contributed by atoms with Crippen LogP contribution in [-0.4, -0.2) is 10.8 Å². The summed E-state index contributed by atoms with van der Waals surface area (Å²) in [6.07, 6.45) is -0.218. The van der Waals surface area contributed by atoms with Crippen LogP contribution in [0.5, 0.6) is 0 Å². The largest absolute Gasteiger partial charge is 0.360 e.